The third kappa shape index (κ3) is 4.14. The summed E-state index contributed by atoms with van der Waals surface area (Å²) in [5.74, 6) is 1.37. The number of benzene rings is 2. The fraction of sp³-hybridized carbons (Fsp3) is 0.118. The zero-order chi connectivity index (χ0) is 16.8. The highest BCUT2D eigenvalue weighted by atomic mass is 32.2. The van der Waals surface area contributed by atoms with Gasteiger partial charge < -0.3 is 10.1 Å². The first-order valence-electron chi connectivity index (χ1n) is 7.27. The summed E-state index contributed by atoms with van der Waals surface area (Å²) in [5, 5.41) is 10.2. The number of aromatic amines is 1. The van der Waals surface area contributed by atoms with Crippen molar-refractivity contribution in [2.24, 2.45) is 0 Å². The van der Waals surface area contributed by atoms with Gasteiger partial charge in [-0.3, -0.25) is 9.89 Å². The molecule has 2 N–H and O–H groups in total. The van der Waals surface area contributed by atoms with Gasteiger partial charge in [0.25, 0.3) is 5.91 Å². The number of ether oxygens (including phenoxy) is 1. The number of nitrogens with zero attached hydrogens (tertiary/aromatic N) is 2. The first-order valence-corrected chi connectivity index (χ1v) is 8.25. The lowest BCUT2D eigenvalue weighted by Crippen LogP contribution is -2.11. The van der Waals surface area contributed by atoms with E-state index in [2.05, 4.69) is 20.5 Å². The maximum Gasteiger partial charge on any atom is 0.255 e. The number of rotatable bonds is 6. The van der Waals surface area contributed by atoms with Gasteiger partial charge in [-0.05, 0) is 42.0 Å². The van der Waals surface area contributed by atoms with E-state index >= 15 is 0 Å². The van der Waals surface area contributed by atoms with E-state index in [4.69, 9.17) is 4.74 Å². The highest BCUT2D eigenvalue weighted by Crippen LogP contribution is 2.19. The van der Waals surface area contributed by atoms with Crippen molar-refractivity contribution >= 4 is 23.4 Å². The van der Waals surface area contributed by atoms with E-state index in [1.54, 1.807) is 43.1 Å². The number of anilines is 1. The van der Waals surface area contributed by atoms with Crippen molar-refractivity contribution in [3.05, 3.63) is 66.0 Å². The smallest absolute Gasteiger partial charge is 0.255 e. The Labute approximate surface area is 143 Å². The number of carbonyl (C=O) groups excluding carboxylic acids is 1. The second-order valence-corrected chi connectivity index (χ2v) is 5.92. The molecule has 0 aliphatic heterocycles. The highest BCUT2D eigenvalue weighted by Gasteiger charge is 2.07. The van der Waals surface area contributed by atoms with Gasteiger partial charge in [-0.25, -0.2) is 4.98 Å². The Morgan fingerprint density at radius 1 is 1.17 bits per heavy atom. The normalized spacial score (nSPS) is 10.4. The summed E-state index contributed by atoms with van der Waals surface area (Å²) < 4.78 is 5.10. The number of nitrogens with one attached hydrogen (secondary N) is 2. The molecule has 122 valence electrons. The topological polar surface area (TPSA) is 79.9 Å². The van der Waals surface area contributed by atoms with Gasteiger partial charge in [-0.1, -0.05) is 23.9 Å². The van der Waals surface area contributed by atoms with Gasteiger partial charge in [0, 0.05) is 17.0 Å². The Morgan fingerprint density at radius 2 is 1.92 bits per heavy atom. The highest BCUT2D eigenvalue weighted by molar-refractivity contribution is 7.98. The molecular formula is C17H16N4O2S. The molecule has 6 nitrogen and oxygen atoms in total. The minimum Gasteiger partial charge on any atom is -0.497 e. The molecule has 0 bridgehead atoms. The van der Waals surface area contributed by atoms with Crippen LogP contribution in [-0.2, 0) is 5.75 Å². The summed E-state index contributed by atoms with van der Waals surface area (Å²) in [6.07, 6.45) is 1.48. The zero-order valence-electron chi connectivity index (χ0n) is 13.0. The summed E-state index contributed by atoms with van der Waals surface area (Å²) in [4.78, 5) is 16.3. The van der Waals surface area contributed by atoms with Gasteiger partial charge in [0.05, 0.1) is 7.11 Å². The summed E-state index contributed by atoms with van der Waals surface area (Å²) in [6, 6.07) is 14.7. The van der Waals surface area contributed by atoms with E-state index in [0.717, 1.165) is 27.9 Å². The van der Waals surface area contributed by atoms with Crippen molar-refractivity contribution in [3.63, 3.8) is 0 Å². The second kappa shape index (κ2) is 7.65. The third-order valence-electron chi connectivity index (χ3n) is 3.33. The van der Waals surface area contributed by atoms with Gasteiger partial charge in [0.2, 0.25) is 0 Å². The van der Waals surface area contributed by atoms with Crippen LogP contribution >= 0.6 is 11.8 Å². The van der Waals surface area contributed by atoms with Gasteiger partial charge in [0.1, 0.15) is 12.1 Å². The summed E-state index contributed by atoms with van der Waals surface area (Å²) in [6.45, 7) is 0. The Balaban J connectivity index is 1.58. The standard InChI is InChI=1S/C17H16N4O2S/c1-23-15-8-6-14(7-9-15)20-16(22)13-4-2-12(3-5-13)10-24-17-18-11-19-21-17/h2-9,11H,10H2,1H3,(H,20,22)(H,18,19,21). The molecule has 0 spiro atoms. The van der Waals surface area contributed by atoms with E-state index in [0.29, 0.717) is 5.56 Å². The number of hydrogen-bond acceptors (Lipinski definition) is 5. The molecule has 24 heavy (non-hydrogen) atoms. The van der Waals surface area contributed by atoms with Crippen LogP contribution in [0.1, 0.15) is 15.9 Å². The Kier molecular flexibility index (Phi) is 5.12. The maximum atomic E-state index is 12.3. The lowest BCUT2D eigenvalue weighted by Gasteiger charge is -2.07. The number of H-pyrrole nitrogens is 1. The molecule has 0 unspecified atom stereocenters. The van der Waals surface area contributed by atoms with Gasteiger partial charge in [-0.2, -0.15) is 5.10 Å². The molecule has 1 aromatic heterocycles. The summed E-state index contributed by atoms with van der Waals surface area (Å²) >= 11 is 1.56. The molecule has 0 saturated carbocycles. The minimum absolute atomic E-state index is 0.144. The number of hydrogen-bond donors (Lipinski definition) is 2. The van der Waals surface area contributed by atoms with E-state index < -0.39 is 0 Å². The van der Waals surface area contributed by atoms with Gasteiger partial charge >= 0.3 is 0 Å². The molecule has 0 aliphatic carbocycles. The van der Waals surface area contributed by atoms with Crippen LogP contribution < -0.4 is 10.1 Å². The quantitative estimate of drug-likeness (QED) is 0.673. The zero-order valence-corrected chi connectivity index (χ0v) is 13.8. The van der Waals surface area contributed by atoms with Gasteiger partial charge in [-0.15, -0.1) is 0 Å². The predicted octanol–water partition coefficient (Wildman–Crippen LogP) is 3.36. The molecule has 3 aromatic rings. The van der Waals surface area contributed by atoms with Crippen molar-refractivity contribution in [2.75, 3.05) is 12.4 Å². The molecule has 0 radical (unpaired) electrons. The van der Waals surface area contributed by atoms with Gasteiger partial charge in [0.15, 0.2) is 5.16 Å². The van der Waals surface area contributed by atoms with E-state index in [1.807, 2.05) is 24.3 Å². The molecule has 1 heterocycles. The van der Waals surface area contributed by atoms with Crippen LogP contribution in [0.15, 0.2) is 60.0 Å². The van der Waals surface area contributed by atoms with E-state index in [9.17, 15) is 4.79 Å². The van der Waals surface area contributed by atoms with Crippen LogP contribution in [0.25, 0.3) is 0 Å². The van der Waals surface area contributed by atoms with Crippen LogP contribution in [-0.4, -0.2) is 28.2 Å². The van der Waals surface area contributed by atoms with Crippen molar-refractivity contribution in [3.8, 4) is 5.75 Å². The van der Waals surface area contributed by atoms with Crippen LogP contribution in [0.5, 0.6) is 5.75 Å². The van der Waals surface area contributed by atoms with Crippen molar-refractivity contribution in [1.29, 1.82) is 0 Å². The van der Waals surface area contributed by atoms with Crippen molar-refractivity contribution < 1.29 is 9.53 Å². The third-order valence-corrected chi connectivity index (χ3v) is 4.28. The average molecular weight is 340 g/mol. The molecule has 3 rings (SSSR count). The predicted molar refractivity (Wildman–Crippen MR) is 93.3 cm³/mol. The SMILES string of the molecule is COc1ccc(NC(=O)c2ccc(CSc3ncn[nH]3)cc2)cc1. The van der Waals surface area contributed by atoms with E-state index in [1.165, 1.54) is 6.33 Å². The minimum atomic E-state index is -0.144. The fourth-order valence-corrected chi connectivity index (χ4v) is 2.78. The Hall–Kier alpha value is -2.80. The van der Waals surface area contributed by atoms with Crippen LogP contribution in [0.4, 0.5) is 5.69 Å². The first-order chi connectivity index (χ1) is 11.7. The first kappa shape index (κ1) is 16.1. The molecular weight excluding hydrogens is 324 g/mol. The second-order valence-electron chi connectivity index (χ2n) is 4.96. The molecule has 1 amide bonds. The fourth-order valence-electron chi connectivity index (χ4n) is 2.05. The number of thioether (sulfide) groups is 1. The lowest BCUT2D eigenvalue weighted by atomic mass is 10.1. The number of methoxy groups -OCH3 is 1. The summed E-state index contributed by atoms with van der Waals surface area (Å²) in [5.41, 5.74) is 2.45. The molecule has 0 saturated heterocycles. The molecule has 0 atom stereocenters. The summed E-state index contributed by atoms with van der Waals surface area (Å²) in [7, 11) is 1.61. The largest absolute Gasteiger partial charge is 0.497 e. The average Bonchev–Trinajstić information content (AvgIpc) is 3.14. The Morgan fingerprint density at radius 3 is 2.54 bits per heavy atom. The van der Waals surface area contributed by atoms with Crippen LogP contribution in [0, 0.1) is 0 Å². The molecule has 0 aliphatic rings. The number of amides is 1. The Bertz CT molecular complexity index is 786. The molecule has 0 fully saturated rings. The molecule has 2 aromatic carbocycles. The van der Waals surface area contributed by atoms with Crippen molar-refractivity contribution in [1.82, 2.24) is 15.2 Å². The number of aromatic nitrogens is 3. The van der Waals surface area contributed by atoms with Crippen LogP contribution in [0.3, 0.4) is 0 Å². The maximum absolute atomic E-state index is 12.3. The number of carbonyl (C=O) groups is 1. The monoisotopic (exact) mass is 340 g/mol. The van der Waals surface area contributed by atoms with E-state index in [-0.39, 0.29) is 5.91 Å². The van der Waals surface area contributed by atoms with Crippen molar-refractivity contribution in [2.45, 2.75) is 10.9 Å². The lowest BCUT2D eigenvalue weighted by molar-refractivity contribution is 0.102. The van der Waals surface area contributed by atoms with Crippen LogP contribution in [0.2, 0.25) is 0 Å². The molecule has 7 heteroatoms.